The van der Waals surface area contributed by atoms with Gasteiger partial charge in [-0.3, -0.25) is 0 Å². The molecule has 0 aromatic carbocycles. The van der Waals surface area contributed by atoms with Crippen molar-refractivity contribution in [3.8, 4) is 0 Å². The molecule has 0 aromatic heterocycles. The van der Waals surface area contributed by atoms with E-state index in [4.69, 9.17) is 5.73 Å². The van der Waals surface area contributed by atoms with Crippen LogP contribution in [-0.2, 0) is 0 Å². The molecule has 1 nitrogen and oxygen atoms in total. The lowest BCUT2D eigenvalue weighted by atomic mass is 9.62. The van der Waals surface area contributed by atoms with Gasteiger partial charge >= 0.3 is 0 Å². The molecule has 2 fully saturated rings. The van der Waals surface area contributed by atoms with Crippen molar-refractivity contribution >= 4 is 0 Å². The zero-order chi connectivity index (χ0) is 13.6. The van der Waals surface area contributed by atoms with Crippen LogP contribution in [0.15, 0.2) is 0 Å². The average molecular weight is 265 g/mol. The first-order valence-electron chi connectivity index (χ1n) is 9.05. The molecular formula is C18H35N. The van der Waals surface area contributed by atoms with Crippen molar-refractivity contribution in [3.63, 3.8) is 0 Å². The third kappa shape index (κ3) is 4.21. The minimum Gasteiger partial charge on any atom is -0.325 e. The SMILES string of the molecule is CCCCCCC1(N)CCCCC1C1CCCCC1. The molecule has 2 unspecified atom stereocenters. The molecule has 0 saturated heterocycles. The molecule has 2 aliphatic rings. The Morgan fingerprint density at radius 1 is 0.895 bits per heavy atom. The largest absolute Gasteiger partial charge is 0.325 e. The van der Waals surface area contributed by atoms with Gasteiger partial charge < -0.3 is 5.73 Å². The Morgan fingerprint density at radius 3 is 2.37 bits per heavy atom. The normalized spacial score (nSPS) is 33.5. The first-order valence-corrected chi connectivity index (χ1v) is 9.05. The Kier molecular flexibility index (Phi) is 6.19. The van der Waals surface area contributed by atoms with Crippen LogP contribution in [0.5, 0.6) is 0 Å². The Morgan fingerprint density at radius 2 is 1.63 bits per heavy atom. The van der Waals surface area contributed by atoms with Gasteiger partial charge in [-0.25, -0.2) is 0 Å². The summed E-state index contributed by atoms with van der Waals surface area (Å²) in [4.78, 5) is 0. The number of hydrogen-bond acceptors (Lipinski definition) is 1. The lowest BCUT2D eigenvalue weighted by Gasteiger charge is -2.46. The van der Waals surface area contributed by atoms with Crippen LogP contribution in [-0.4, -0.2) is 5.54 Å². The molecular weight excluding hydrogens is 230 g/mol. The van der Waals surface area contributed by atoms with Gasteiger partial charge in [0, 0.05) is 5.54 Å². The smallest absolute Gasteiger partial charge is 0.0185 e. The highest BCUT2D eigenvalue weighted by molar-refractivity contribution is 4.97. The molecule has 0 aliphatic heterocycles. The fraction of sp³-hybridized carbons (Fsp3) is 1.00. The van der Waals surface area contributed by atoms with E-state index in [1.165, 1.54) is 89.9 Å². The molecule has 2 aliphatic carbocycles. The van der Waals surface area contributed by atoms with Crippen molar-refractivity contribution in [2.24, 2.45) is 17.6 Å². The second-order valence-corrected chi connectivity index (χ2v) is 7.29. The highest BCUT2D eigenvalue weighted by atomic mass is 14.8. The van der Waals surface area contributed by atoms with Crippen LogP contribution in [0.25, 0.3) is 0 Å². The fourth-order valence-electron chi connectivity index (χ4n) is 4.72. The van der Waals surface area contributed by atoms with Crippen LogP contribution in [0.4, 0.5) is 0 Å². The van der Waals surface area contributed by atoms with Gasteiger partial charge in [-0.1, -0.05) is 77.6 Å². The van der Waals surface area contributed by atoms with Crippen LogP contribution >= 0.6 is 0 Å². The van der Waals surface area contributed by atoms with Gasteiger partial charge in [0.15, 0.2) is 0 Å². The highest BCUT2D eigenvalue weighted by Crippen LogP contribution is 2.44. The third-order valence-electron chi connectivity index (χ3n) is 5.86. The fourth-order valence-corrected chi connectivity index (χ4v) is 4.72. The summed E-state index contributed by atoms with van der Waals surface area (Å²) in [6, 6.07) is 0. The maximum atomic E-state index is 6.92. The van der Waals surface area contributed by atoms with E-state index in [2.05, 4.69) is 6.92 Å². The first-order chi connectivity index (χ1) is 9.26. The summed E-state index contributed by atoms with van der Waals surface area (Å²) in [7, 11) is 0. The zero-order valence-electron chi connectivity index (χ0n) is 13.1. The average Bonchev–Trinajstić information content (AvgIpc) is 2.45. The number of hydrogen-bond donors (Lipinski definition) is 1. The van der Waals surface area contributed by atoms with E-state index >= 15 is 0 Å². The molecule has 2 rings (SSSR count). The number of nitrogens with two attached hydrogens (primary N) is 1. The van der Waals surface area contributed by atoms with Gasteiger partial charge in [0.05, 0.1) is 0 Å². The van der Waals surface area contributed by atoms with E-state index in [1.807, 2.05) is 0 Å². The zero-order valence-corrected chi connectivity index (χ0v) is 13.1. The molecule has 0 heterocycles. The van der Waals surface area contributed by atoms with Gasteiger partial charge in [-0.05, 0) is 31.1 Å². The maximum absolute atomic E-state index is 6.92. The van der Waals surface area contributed by atoms with Crippen LogP contribution in [0.1, 0.15) is 96.8 Å². The molecule has 2 saturated carbocycles. The molecule has 0 spiro atoms. The number of unbranched alkanes of at least 4 members (excludes halogenated alkanes) is 3. The van der Waals surface area contributed by atoms with Crippen molar-refractivity contribution in [1.82, 2.24) is 0 Å². The molecule has 0 bridgehead atoms. The lowest BCUT2D eigenvalue weighted by Crippen LogP contribution is -2.52. The van der Waals surface area contributed by atoms with Crippen LogP contribution in [0.2, 0.25) is 0 Å². The van der Waals surface area contributed by atoms with E-state index < -0.39 is 0 Å². The van der Waals surface area contributed by atoms with Crippen molar-refractivity contribution in [2.45, 2.75) is 102 Å². The van der Waals surface area contributed by atoms with E-state index in [0.717, 1.165) is 11.8 Å². The topological polar surface area (TPSA) is 26.0 Å². The Bertz CT molecular complexity index is 244. The second kappa shape index (κ2) is 7.67. The standard InChI is InChI=1S/C18H35N/c1-2-3-4-9-14-18(19)15-10-8-13-17(18)16-11-6-5-7-12-16/h16-17H,2-15,19H2,1H3. The lowest BCUT2D eigenvalue weighted by molar-refractivity contribution is 0.0908. The number of rotatable bonds is 6. The minimum absolute atomic E-state index is 0.202. The predicted molar refractivity (Wildman–Crippen MR) is 84.2 cm³/mol. The van der Waals surface area contributed by atoms with E-state index in [9.17, 15) is 0 Å². The van der Waals surface area contributed by atoms with Crippen molar-refractivity contribution in [1.29, 1.82) is 0 Å². The summed E-state index contributed by atoms with van der Waals surface area (Å²) in [5.41, 5.74) is 7.12. The Labute approximate surface area is 120 Å². The molecule has 0 aromatic rings. The molecule has 0 radical (unpaired) electrons. The van der Waals surface area contributed by atoms with E-state index in [0.29, 0.717) is 0 Å². The van der Waals surface area contributed by atoms with Crippen molar-refractivity contribution in [2.75, 3.05) is 0 Å². The van der Waals surface area contributed by atoms with Crippen molar-refractivity contribution < 1.29 is 0 Å². The van der Waals surface area contributed by atoms with Gasteiger partial charge in [-0.2, -0.15) is 0 Å². The summed E-state index contributed by atoms with van der Waals surface area (Å²) in [5.74, 6) is 1.81. The molecule has 2 atom stereocenters. The van der Waals surface area contributed by atoms with Gasteiger partial charge in [0.2, 0.25) is 0 Å². The predicted octanol–water partition coefficient (Wildman–Crippen LogP) is 5.42. The monoisotopic (exact) mass is 265 g/mol. The van der Waals surface area contributed by atoms with E-state index in [-0.39, 0.29) is 5.54 Å². The van der Waals surface area contributed by atoms with Crippen LogP contribution < -0.4 is 5.73 Å². The summed E-state index contributed by atoms with van der Waals surface area (Å²) < 4.78 is 0. The van der Waals surface area contributed by atoms with Crippen molar-refractivity contribution in [3.05, 3.63) is 0 Å². The second-order valence-electron chi connectivity index (χ2n) is 7.29. The summed E-state index contributed by atoms with van der Waals surface area (Å²) >= 11 is 0. The Balaban J connectivity index is 1.89. The third-order valence-corrected chi connectivity index (χ3v) is 5.86. The summed E-state index contributed by atoms with van der Waals surface area (Å²) in [5, 5.41) is 0. The Hall–Kier alpha value is -0.0400. The van der Waals surface area contributed by atoms with Crippen LogP contribution in [0.3, 0.4) is 0 Å². The van der Waals surface area contributed by atoms with Gasteiger partial charge in [0.1, 0.15) is 0 Å². The summed E-state index contributed by atoms with van der Waals surface area (Å²) in [6.07, 6.45) is 19.7. The first kappa shape index (κ1) is 15.4. The molecule has 0 amide bonds. The highest BCUT2D eigenvalue weighted by Gasteiger charge is 2.40. The quantitative estimate of drug-likeness (QED) is 0.637. The molecule has 1 heteroatoms. The molecule has 112 valence electrons. The van der Waals surface area contributed by atoms with E-state index in [1.54, 1.807) is 0 Å². The maximum Gasteiger partial charge on any atom is 0.0185 e. The molecule has 19 heavy (non-hydrogen) atoms. The van der Waals surface area contributed by atoms with Gasteiger partial charge in [-0.15, -0.1) is 0 Å². The molecule has 2 N–H and O–H groups in total. The summed E-state index contributed by atoms with van der Waals surface area (Å²) in [6.45, 7) is 2.30. The van der Waals surface area contributed by atoms with Gasteiger partial charge in [0.25, 0.3) is 0 Å². The van der Waals surface area contributed by atoms with Crippen LogP contribution in [0, 0.1) is 11.8 Å². The minimum atomic E-state index is 0.202.